The van der Waals surface area contributed by atoms with Gasteiger partial charge in [-0.1, -0.05) is 13.3 Å². The van der Waals surface area contributed by atoms with Crippen LogP contribution < -0.4 is 15.8 Å². The Morgan fingerprint density at radius 1 is 1.26 bits per heavy atom. The molecule has 0 saturated heterocycles. The van der Waals surface area contributed by atoms with Crippen molar-refractivity contribution in [1.82, 2.24) is 0 Å². The van der Waals surface area contributed by atoms with Gasteiger partial charge in [0.05, 0.1) is 6.61 Å². The first-order chi connectivity index (χ1) is 9.24. The Hall–Kier alpha value is -1.38. The second-order valence-corrected chi connectivity index (χ2v) is 6.06. The fraction of sp³-hybridized carbons (Fsp3) is 0.625. The quantitative estimate of drug-likeness (QED) is 0.794. The van der Waals surface area contributed by atoms with Crippen LogP contribution in [0.2, 0.25) is 0 Å². The van der Waals surface area contributed by atoms with Crippen LogP contribution in [-0.2, 0) is 0 Å². The zero-order valence-corrected chi connectivity index (χ0v) is 11.7. The highest BCUT2D eigenvalue weighted by molar-refractivity contribution is 5.59. The molecule has 104 valence electrons. The van der Waals surface area contributed by atoms with E-state index in [-0.39, 0.29) is 0 Å². The molecule has 2 aliphatic carbocycles. The molecule has 19 heavy (non-hydrogen) atoms. The third-order valence-electron chi connectivity index (χ3n) is 4.49. The summed E-state index contributed by atoms with van der Waals surface area (Å²) in [5.74, 6) is 2.71. The molecule has 0 aromatic heterocycles. The zero-order valence-electron chi connectivity index (χ0n) is 11.7. The predicted molar refractivity (Wildman–Crippen MR) is 79.5 cm³/mol. The predicted octanol–water partition coefficient (Wildman–Crippen LogP) is 3.66. The molecule has 3 unspecified atom stereocenters. The van der Waals surface area contributed by atoms with Crippen LogP contribution in [-0.4, -0.2) is 12.6 Å². The molecule has 3 rings (SSSR count). The third-order valence-corrected chi connectivity index (χ3v) is 4.49. The molecule has 3 heteroatoms. The first-order valence-corrected chi connectivity index (χ1v) is 7.54. The zero-order chi connectivity index (χ0) is 13.2. The van der Waals surface area contributed by atoms with E-state index in [4.69, 9.17) is 10.5 Å². The Labute approximate surface area is 115 Å². The second kappa shape index (κ2) is 5.32. The van der Waals surface area contributed by atoms with Gasteiger partial charge >= 0.3 is 0 Å². The van der Waals surface area contributed by atoms with E-state index in [1.807, 2.05) is 12.1 Å². The second-order valence-electron chi connectivity index (χ2n) is 6.06. The minimum absolute atomic E-state index is 0.638. The molecule has 2 bridgehead atoms. The van der Waals surface area contributed by atoms with Gasteiger partial charge in [0.1, 0.15) is 5.75 Å². The third kappa shape index (κ3) is 2.80. The number of anilines is 2. The fourth-order valence-corrected chi connectivity index (χ4v) is 3.64. The van der Waals surface area contributed by atoms with Gasteiger partial charge in [-0.05, 0) is 43.6 Å². The van der Waals surface area contributed by atoms with Crippen LogP contribution in [0, 0.1) is 11.8 Å². The van der Waals surface area contributed by atoms with Gasteiger partial charge in [-0.2, -0.15) is 0 Å². The van der Waals surface area contributed by atoms with Crippen molar-refractivity contribution in [3.63, 3.8) is 0 Å². The highest BCUT2D eigenvalue weighted by Gasteiger charge is 2.39. The first kappa shape index (κ1) is 12.6. The number of hydrogen-bond donors (Lipinski definition) is 2. The maximum Gasteiger partial charge on any atom is 0.123 e. The van der Waals surface area contributed by atoms with Crippen molar-refractivity contribution in [2.75, 3.05) is 17.7 Å². The van der Waals surface area contributed by atoms with Crippen molar-refractivity contribution in [3.05, 3.63) is 18.2 Å². The van der Waals surface area contributed by atoms with Crippen LogP contribution in [0.15, 0.2) is 18.2 Å². The lowest BCUT2D eigenvalue weighted by molar-refractivity contribution is 0.317. The topological polar surface area (TPSA) is 47.3 Å². The van der Waals surface area contributed by atoms with E-state index >= 15 is 0 Å². The normalized spacial score (nSPS) is 28.6. The van der Waals surface area contributed by atoms with Crippen LogP contribution in [0.1, 0.15) is 39.0 Å². The molecule has 1 aromatic carbocycles. The molecule has 0 amide bonds. The molecule has 0 radical (unpaired) electrons. The number of nitrogen functional groups attached to an aromatic ring is 1. The summed E-state index contributed by atoms with van der Waals surface area (Å²) in [6.45, 7) is 2.86. The van der Waals surface area contributed by atoms with Crippen molar-refractivity contribution >= 4 is 11.4 Å². The SMILES string of the molecule is CCCOc1cc(N)cc(NC2CC3CCC2C3)c1. The van der Waals surface area contributed by atoms with Crippen molar-refractivity contribution < 1.29 is 4.74 Å². The molecule has 2 aliphatic rings. The van der Waals surface area contributed by atoms with Crippen LogP contribution >= 0.6 is 0 Å². The first-order valence-electron chi connectivity index (χ1n) is 7.54. The minimum Gasteiger partial charge on any atom is -0.493 e. The summed E-state index contributed by atoms with van der Waals surface area (Å²) in [4.78, 5) is 0. The maximum atomic E-state index is 5.96. The average molecular weight is 260 g/mol. The van der Waals surface area contributed by atoms with E-state index in [1.165, 1.54) is 25.7 Å². The number of fused-ring (bicyclic) bond motifs is 2. The molecule has 3 nitrogen and oxygen atoms in total. The lowest BCUT2D eigenvalue weighted by atomic mass is 9.95. The summed E-state index contributed by atoms with van der Waals surface area (Å²) in [6.07, 6.45) is 6.59. The number of rotatable bonds is 5. The fourth-order valence-electron chi connectivity index (χ4n) is 3.64. The molecule has 0 heterocycles. The molecule has 0 spiro atoms. The summed E-state index contributed by atoms with van der Waals surface area (Å²) < 4.78 is 5.68. The Balaban J connectivity index is 1.68. The number of nitrogens with two attached hydrogens (primary N) is 1. The standard InChI is InChI=1S/C16H24N2O/c1-2-5-19-15-9-13(17)8-14(10-15)18-16-7-11-3-4-12(16)6-11/h8-12,16,18H,2-7,17H2,1H3. The van der Waals surface area contributed by atoms with E-state index in [1.54, 1.807) is 0 Å². The van der Waals surface area contributed by atoms with Gasteiger partial charge < -0.3 is 15.8 Å². The number of nitrogens with one attached hydrogen (secondary N) is 1. The van der Waals surface area contributed by atoms with Crippen LogP contribution in [0.4, 0.5) is 11.4 Å². The summed E-state index contributed by atoms with van der Waals surface area (Å²) in [7, 11) is 0. The molecule has 0 aliphatic heterocycles. The Kier molecular flexibility index (Phi) is 3.54. The van der Waals surface area contributed by atoms with Gasteiger partial charge in [0.25, 0.3) is 0 Å². The summed E-state index contributed by atoms with van der Waals surface area (Å²) in [5.41, 5.74) is 7.85. The lowest BCUT2D eigenvalue weighted by Crippen LogP contribution is -2.25. The van der Waals surface area contributed by atoms with Crippen LogP contribution in [0.3, 0.4) is 0 Å². The van der Waals surface area contributed by atoms with Gasteiger partial charge in [0, 0.05) is 29.5 Å². The smallest absolute Gasteiger partial charge is 0.123 e. The molecule has 2 fully saturated rings. The van der Waals surface area contributed by atoms with E-state index in [0.717, 1.165) is 42.0 Å². The van der Waals surface area contributed by atoms with E-state index in [2.05, 4.69) is 18.3 Å². The van der Waals surface area contributed by atoms with Crippen molar-refractivity contribution in [1.29, 1.82) is 0 Å². The average Bonchev–Trinajstić information content (AvgIpc) is 2.98. The van der Waals surface area contributed by atoms with E-state index in [9.17, 15) is 0 Å². The van der Waals surface area contributed by atoms with Gasteiger partial charge in [-0.3, -0.25) is 0 Å². The Morgan fingerprint density at radius 3 is 2.84 bits per heavy atom. The van der Waals surface area contributed by atoms with Gasteiger partial charge in [0.2, 0.25) is 0 Å². The van der Waals surface area contributed by atoms with Crippen molar-refractivity contribution in [2.45, 2.75) is 45.1 Å². The lowest BCUT2D eigenvalue weighted by Gasteiger charge is -2.24. The summed E-state index contributed by atoms with van der Waals surface area (Å²) in [6, 6.07) is 6.64. The minimum atomic E-state index is 0.638. The van der Waals surface area contributed by atoms with Gasteiger partial charge in [-0.25, -0.2) is 0 Å². The van der Waals surface area contributed by atoms with Gasteiger partial charge in [-0.15, -0.1) is 0 Å². The number of hydrogen-bond acceptors (Lipinski definition) is 3. The summed E-state index contributed by atoms with van der Waals surface area (Å²) >= 11 is 0. The Morgan fingerprint density at radius 2 is 2.16 bits per heavy atom. The highest BCUT2D eigenvalue weighted by Crippen LogP contribution is 2.45. The van der Waals surface area contributed by atoms with E-state index < -0.39 is 0 Å². The molecule has 1 aromatic rings. The Bertz CT molecular complexity index is 446. The van der Waals surface area contributed by atoms with E-state index in [0.29, 0.717) is 6.04 Å². The van der Waals surface area contributed by atoms with Crippen molar-refractivity contribution in [2.24, 2.45) is 11.8 Å². The van der Waals surface area contributed by atoms with Crippen molar-refractivity contribution in [3.8, 4) is 5.75 Å². The van der Waals surface area contributed by atoms with Crippen LogP contribution in [0.5, 0.6) is 5.75 Å². The molecular formula is C16H24N2O. The largest absolute Gasteiger partial charge is 0.493 e. The van der Waals surface area contributed by atoms with Crippen LogP contribution in [0.25, 0.3) is 0 Å². The highest BCUT2D eigenvalue weighted by atomic mass is 16.5. The maximum absolute atomic E-state index is 5.96. The molecule has 3 N–H and O–H groups in total. The monoisotopic (exact) mass is 260 g/mol. The molecule has 3 atom stereocenters. The number of ether oxygens (including phenoxy) is 1. The summed E-state index contributed by atoms with van der Waals surface area (Å²) in [5, 5.41) is 3.67. The number of benzene rings is 1. The molecular weight excluding hydrogens is 236 g/mol. The van der Waals surface area contributed by atoms with Gasteiger partial charge in [0.15, 0.2) is 0 Å². The molecule has 2 saturated carbocycles.